The van der Waals surface area contributed by atoms with Crippen molar-refractivity contribution in [3.8, 4) is 0 Å². The minimum Gasteiger partial charge on any atom is -0.411 e. The molecule has 0 atom stereocenters. The van der Waals surface area contributed by atoms with Crippen LogP contribution in [0.25, 0.3) is 0 Å². The number of anilines is 1. The van der Waals surface area contributed by atoms with Crippen molar-refractivity contribution in [2.45, 2.75) is 20.8 Å². The van der Waals surface area contributed by atoms with Crippen molar-refractivity contribution >= 4 is 28.6 Å². The predicted octanol–water partition coefficient (Wildman–Crippen LogP) is 3.21. The van der Waals surface area contributed by atoms with Crippen LogP contribution in [-0.4, -0.2) is 21.8 Å². The third-order valence-corrected chi connectivity index (χ3v) is 3.87. The van der Waals surface area contributed by atoms with Crippen molar-refractivity contribution in [2.24, 2.45) is 5.16 Å². The average Bonchev–Trinajstić information content (AvgIpc) is 2.77. The van der Waals surface area contributed by atoms with Crippen LogP contribution < -0.4 is 5.32 Å². The van der Waals surface area contributed by atoms with E-state index >= 15 is 0 Å². The Bertz CT molecular complexity index is 677. The standard InChI is InChI=1S/C14H15N3O2S/c1-8(17-19)11-5-4-6-12(7-11)16-14(18)13-9(2)15-10(3)20-13/h4-7,19H,1-3H3,(H,16,18)/b17-8-. The fourth-order valence-corrected chi connectivity index (χ4v) is 2.62. The highest BCUT2D eigenvalue weighted by molar-refractivity contribution is 7.13. The van der Waals surface area contributed by atoms with Gasteiger partial charge >= 0.3 is 0 Å². The molecule has 1 amide bonds. The van der Waals surface area contributed by atoms with E-state index in [2.05, 4.69) is 15.5 Å². The highest BCUT2D eigenvalue weighted by Gasteiger charge is 2.14. The lowest BCUT2D eigenvalue weighted by Crippen LogP contribution is -2.12. The first-order valence-corrected chi connectivity index (χ1v) is 6.87. The summed E-state index contributed by atoms with van der Waals surface area (Å²) in [5, 5.41) is 15.6. The SMILES string of the molecule is C/C(=N/O)c1cccc(NC(=O)c2sc(C)nc2C)c1. The van der Waals surface area contributed by atoms with Crippen molar-refractivity contribution in [1.29, 1.82) is 0 Å². The maximum absolute atomic E-state index is 12.2. The molecule has 5 nitrogen and oxygen atoms in total. The second-order valence-electron chi connectivity index (χ2n) is 4.37. The summed E-state index contributed by atoms with van der Waals surface area (Å²) in [7, 11) is 0. The monoisotopic (exact) mass is 289 g/mol. The van der Waals surface area contributed by atoms with Crippen molar-refractivity contribution in [3.05, 3.63) is 45.4 Å². The third kappa shape index (κ3) is 3.03. The average molecular weight is 289 g/mol. The van der Waals surface area contributed by atoms with E-state index in [0.717, 1.165) is 16.3 Å². The minimum atomic E-state index is -0.177. The van der Waals surface area contributed by atoms with Crippen LogP contribution in [-0.2, 0) is 0 Å². The molecule has 0 bridgehead atoms. The molecule has 6 heteroatoms. The van der Waals surface area contributed by atoms with Crippen LogP contribution in [0.3, 0.4) is 0 Å². The number of carbonyl (C=O) groups excluding carboxylic acids is 1. The Morgan fingerprint density at radius 2 is 2.15 bits per heavy atom. The largest absolute Gasteiger partial charge is 0.411 e. The van der Waals surface area contributed by atoms with Crippen LogP contribution in [0.5, 0.6) is 0 Å². The van der Waals surface area contributed by atoms with Gasteiger partial charge in [-0.1, -0.05) is 17.3 Å². The molecule has 0 spiro atoms. The highest BCUT2D eigenvalue weighted by Crippen LogP contribution is 2.19. The fraction of sp³-hybridized carbons (Fsp3) is 0.214. The molecule has 1 aromatic heterocycles. The summed E-state index contributed by atoms with van der Waals surface area (Å²) in [5.41, 5.74) is 2.63. The molecular weight excluding hydrogens is 274 g/mol. The molecule has 20 heavy (non-hydrogen) atoms. The molecule has 2 aromatic rings. The highest BCUT2D eigenvalue weighted by atomic mass is 32.1. The zero-order valence-corrected chi connectivity index (χ0v) is 12.3. The van der Waals surface area contributed by atoms with Crippen LogP contribution in [0, 0.1) is 13.8 Å². The second kappa shape index (κ2) is 5.83. The summed E-state index contributed by atoms with van der Waals surface area (Å²) < 4.78 is 0. The van der Waals surface area contributed by atoms with E-state index in [1.165, 1.54) is 11.3 Å². The lowest BCUT2D eigenvalue weighted by atomic mass is 10.1. The van der Waals surface area contributed by atoms with Crippen LogP contribution in [0.4, 0.5) is 5.69 Å². The van der Waals surface area contributed by atoms with Crippen molar-refractivity contribution in [3.63, 3.8) is 0 Å². The molecule has 104 valence electrons. The van der Waals surface area contributed by atoms with Gasteiger partial charge in [-0.3, -0.25) is 4.79 Å². The molecule has 0 aliphatic heterocycles. The normalized spacial score (nSPS) is 11.4. The first-order valence-electron chi connectivity index (χ1n) is 6.05. The number of hydrogen-bond acceptors (Lipinski definition) is 5. The van der Waals surface area contributed by atoms with Gasteiger partial charge in [0.1, 0.15) is 4.88 Å². The first kappa shape index (κ1) is 14.2. The van der Waals surface area contributed by atoms with Crippen LogP contribution >= 0.6 is 11.3 Å². The number of carbonyl (C=O) groups is 1. The van der Waals surface area contributed by atoms with E-state index in [9.17, 15) is 4.79 Å². The quantitative estimate of drug-likeness (QED) is 0.517. The van der Waals surface area contributed by atoms with Gasteiger partial charge in [0, 0.05) is 11.3 Å². The summed E-state index contributed by atoms with van der Waals surface area (Å²) in [6.07, 6.45) is 0. The fourth-order valence-electron chi connectivity index (χ4n) is 1.81. The Morgan fingerprint density at radius 1 is 1.40 bits per heavy atom. The van der Waals surface area contributed by atoms with E-state index in [1.54, 1.807) is 25.1 Å². The summed E-state index contributed by atoms with van der Waals surface area (Å²) in [6, 6.07) is 7.16. The van der Waals surface area contributed by atoms with Crippen LogP contribution in [0.15, 0.2) is 29.4 Å². The van der Waals surface area contributed by atoms with Gasteiger partial charge in [0.25, 0.3) is 5.91 Å². The minimum absolute atomic E-state index is 0.177. The smallest absolute Gasteiger partial charge is 0.267 e. The van der Waals surface area contributed by atoms with Gasteiger partial charge in [-0.2, -0.15) is 0 Å². The first-order chi connectivity index (χ1) is 9.51. The Kier molecular flexibility index (Phi) is 4.14. The molecule has 0 aliphatic carbocycles. The Morgan fingerprint density at radius 3 is 2.75 bits per heavy atom. The molecule has 2 rings (SSSR count). The number of rotatable bonds is 3. The zero-order chi connectivity index (χ0) is 14.7. The Labute approximate surface area is 121 Å². The molecule has 0 saturated carbocycles. The lowest BCUT2D eigenvalue weighted by Gasteiger charge is -2.06. The van der Waals surface area contributed by atoms with Crippen LogP contribution in [0.2, 0.25) is 0 Å². The Hall–Kier alpha value is -2.21. The topological polar surface area (TPSA) is 74.6 Å². The van der Waals surface area contributed by atoms with Gasteiger partial charge in [0.05, 0.1) is 16.4 Å². The van der Waals surface area contributed by atoms with Crippen LogP contribution in [0.1, 0.15) is 32.9 Å². The molecular formula is C14H15N3O2S. The van der Waals surface area contributed by atoms with E-state index < -0.39 is 0 Å². The second-order valence-corrected chi connectivity index (χ2v) is 5.57. The molecule has 0 saturated heterocycles. The van der Waals surface area contributed by atoms with E-state index in [4.69, 9.17) is 5.21 Å². The third-order valence-electron chi connectivity index (χ3n) is 2.80. The number of hydrogen-bond donors (Lipinski definition) is 2. The molecule has 2 N–H and O–H groups in total. The van der Waals surface area contributed by atoms with E-state index in [1.807, 2.05) is 19.9 Å². The lowest BCUT2D eigenvalue weighted by molar-refractivity contribution is 0.103. The number of thiazole rings is 1. The van der Waals surface area contributed by atoms with Gasteiger partial charge in [0.2, 0.25) is 0 Å². The summed E-state index contributed by atoms with van der Waals surface area (Å²) in [5.74, 6) is -0.177. The molecule has 0 fully saturated rings. The molecule has 1 aromatic carbocycles. The zero-order valence-electron chi connectivity index (χ0n) is 11.5. The predicted molar refractivity (Wildman–Crippen MR) is 80.0 cm³/mol. The number of nitrogens with zero attached hydrogens (tertiary/aromatic N) is 2. The maximum Gasteiger partial charge on any atom is 0.267 e. The van der Waals surface area contributed by atoms with E-state index in [-0.39, 0.29) is 5.91 Å². The summed E-state index contributed by atoms with van der Waals surface area (Å²) in [4.78, 5) is 17.0. The summed E-state index contributed by atoms with van der Waals surface area (Å²) >= 11 is 1.37. The number of benzene rings is 1. The van der Waals surface area contributed by atoms with Gasteiger partial charge in [0.15, 0.2) is 0 Å². The molecule has 0 unspecified atom stereocenters. The van der Waals surface area contributed by atoms with Gasteiger partial charge in [-0.15, -0.1) is 11.3 Å². The number of aromatic nitrogens is 1. The maximum atomic E-state index is 12.2. The molecule has 1 heterocycles. The van der Waals surface area contributed by atoms with E-state index in [0.29, 0.717) is 16.3 Å². The van der Waals surface area contributed by atoms with Crippen molar-refractivity contribution in [2.75, 3.05) is 5.32 Å². The van der Waals surface area contributed by atoms with Crippen molar-refractivity contribution < 1.29 is 10.0 Å². The number of nitrogens with one attached hydrogen (secondary N) is 1. The molecule has 0 radical (unpaired) electrons. The number of amides is 1. The molecule has 0 aliphatic rings. The summed E-state index contributed by atoms with van der Waals surface area (Å²) in [6.45, 7) is 5.38. The van der Waals surface area contributed by atoms with Gasteiger partial charge < -0.3 is 10.5 Å². The van der Waals surface area contributed by atoms with Gasteiger partial charge in [-0.05, 0) is 32.9 Å². The van der Waals surface area contributed by atoms with Crippen molar-refractivity contribution in [1.82, 2.24) is 4.98 Å². The van der Waals surface area contributed by atoms with Gasteiger partial charge in [-0.25, -0.2) is 4.98 Å². The Balaban J connectivity index is 2.22. The number of oxime groups is 1. The number of aryl methyl sites for hydroxylation is 2.